The van der Waals surface area contributed by atoms with Crippen LogP contribution in [0.15, 0.2) is 41.6 Å². The first-order valence-electron chi connectivity index (χ1n) is 8.76. The van der Waals surface area contributed by atoms with E-state index in [1.807, 2.05) is 0 Å². The van der Waals surface area contributed by atoms with Crippen molar-refractivity contribution in [2.24, 2.45) is 0 Å². The van der Waals surface area contributed by atoms with E-state index < -0.39 is 28.5 Å². The minimum absolute atomic E-state index is 0.0160. The lowest BCUT2D eigenvalue weighted by Gasteiger charge is -2.33. The molecule has 1 aromatic carbocycles. The van der Waals surface area contributed by atoms with Crippen molar-refractivity contribution >= 4 is 33.5 Å². The van der Waals surface area contributed by atoms with E-state index in [4.69, 9.17) is 16.3 Å². The highest BCUT2D eigenvalue weighted by atomic mass is 35.5. The van der Waals surface area contributed by atoms with Crippen molar-refractivity contribution in [1.29, 1.82) is 0 Å². The van der Waals surface area contributed by atoms with Gasteiger partial charge in [-0.3, -0.25) is 9.78 Å². The number of hydrogen-bond donors (Lipinski definition) is 0. The molecule has 3 rings (SSSR count). The van der Waals surface area contributed by atoms with Gasteiger partial charge in [-0.05, 0) is 31.2 Å². The van der Waals surface area contributed by atoms with Gasteiger partial charge < -0.3 is 9.64 Å². The van der Waals surface area contributed by atoms with E-state index in [2.05, 4.69) is 9.97 Å². The predicted molar refractivity (Wildman–Crippen MR) is 104 cm³/mol. The van der Waals surface area contributed by atoms with Gasteiger partial charge in [0.15, 0.2) is 12.3 Å². The van der Waals surface area contributed by atoms with E-state index in [9.17, 15) is 18.0 Å². The van der Waals surface area contributed by atoms with Crippen LogP contribution in [0.3, 0.4) is 0 Å². The third kappa shape index (κ3) is 5.08. The number of sulfonamides is 1. The van der Waals surface area contributed by atoms with Crippen molar-refractivity contribution in [1.82, 2.24) is 19.2 Å². The number of piperazine rings is 1. The third-order valence-corrected chi connectivity index (χ3v) is 6.52. The van der Waals surface area contributed by atoms with Crippen molar-refractivity contribution in [2.45, 2.75) is 11.8 Å². The van der Waals surface area contributed by atoms with Crippen molar-refractivity contribution < 1.29 is 22.7 Å². The molecule has 9 nitrogen and oxygen atoms in total. The van der Waals surface area contributed by atoms with E-state index in [1.54, 1.807) is 6.92 Å². The molecule has 0 bridgehead atoms. The Labute approximate surface area is 173 Å². The summed E-state index contributed by atoms with van der Waals surface area (Å²) < 4.78 is 31.6. The Bertz CT molecular complexity index is 988. The fourth-order valence-electron chi connectivity index (χ4n) is 2.72. The molecule has 1 amide bonds. The van der Waals surface area contributed by atoms with Gasteiger partial charge in [0.05, 0.1) is 16.8 Å². The average Bonchev–Trinajstić information content (AvgIpc) is 2.72. The molecule has 0 N–H and O–H groups in total. The number of nitrogens with zero attached hydrogens (tertiary/aromatic N) is 4. The molecule has 0 unspecified atom stereocenters. The average molecular weight is 439 g/mol. The molecule has 1 aliphatic heterocycles. The van der Waals surface area contributed by atoms with Crippen LogP contribution in [0.5, 0.6) is 0 Å². The SMILES string of the molecule is Cc1cnc(C(=O)OCC(=O)N2CCN(S(=O)(=O)c3ccc(Cl)cc3)CC2)cn1. The van der Waals surface area contributed by atoms with E-state index in [-0.39, 0.29) is 36.8 Å². The maximum absolute atomic E-state index is 12.7. The Balaban J connectivity index is 1.52. The largest absolute Gasteiger partial charge is 0.451 e. The summed E-state index contributed by atoms with van der Waals surface area (Å²) in [5, 5.41) is 0.450. The van der Waals surface area contributed by atoms with Crippen LogP contribution in [0.2, 0.25) is 5.02 Å². The topological polar surface area (TPSA) is 110 Å². The number of halogens is 1. The number of ether oxygens (including phenoxy) is 1. The summed E-state index contributed by atoms with van der Waals surface area (Å²) in [6.07, 6.45) is 2.71. The molecule has 1 fully saturated rings. The van der Waals surface area contributed by atoms with Crippen LogP contribution < -0.4 is 0 Å². The second kappa shape index (κ2) is 8.85. The van der Waals surface area contributed by atoms with Crippen molar-refractivity contribution in [3.05, 3.63) is 53.1 Å². The van der Waals surface area contributed by atoms with Crippen molar-refractivity contribution in [3.63, 3.8) is 0 Å². The van der Waals surface area contributed by atoms with Gasteiger partial charge in [0.2, 0.25) is 10.0 Å². The van der Waals surface area contributed by atoms with Gasteiger partial charge >= 0.3 is 5.97 Å². The van der Waals surface area contributed by atoms with Gasteiger partial charge in [0.1, 0.15) is 0 Å². The number of carbonyl (C=O) groups excluding carboxylic acids is 2. The monoisotopic (exact) mass is 438 g/mol. The Morgan fingerprint density at radius 3 is 2.31 bits per heavy atom. The molecule has 0 atom stereocenters. The molecule has 2 heterocycles. The number of carbonyl (C=O) groups is 2. The van der Waals surface area contributed by atoms with Crippen LogP contribution in [0.4, 0.5) is 0 Å². The lowest BCUT2D eigenvalue weighted by molar-refractivity contribution is -0.135. The molecule has 1 aromatic heterocycles. The molecule has 1 aliphatic rings. The summed E-state index contributed by atoms with van der Waals surface area (Å²) in [7, 11) is -3.66. The molecule has 1 saturated heterocycles. The summed E-state index contributed by atoms with van der Waals surface area (Å²) in [5.41, 5.74) is 0.673. The Morgan fingerprint density at radius 1 is 1.07 bits per heavy atom. The number of esters is 1. The molecule has 154 valence electrons. The van der Waals surface area contributed by atoms with Gasteiger partial charge in [0, 0.05) is 37.4 Å². The molecular formula is C18H19ClN4O5S. The standard InChI is InChI=1S/C18H19ClN4O5S/c1-13-10-21-16(11-20-13)18(25)28-12-17(24)22-6-8-23(9-7-22)29(26,27)15-4-2-14(19)3-5-15/h2-5,10-11H,6-9,12H2,1H3. The van der Waals surface area contributed by atoms with E-state index >= 15 is 0 Å². The molecule has 2 aromatic rings. The molecular weight excluding hydrogens is 420 g/mol. The second-order valence-electron chi connectivity index (χ2n) is 6.36. The number of benzene rings is 1. The van der Waals surface area contributed by atoms with Gasteiger partial charge in [-0.2, -0.15) is 4.31 Å². The van der Waals surface area contributed by atoms with Gasteiger partial charge in [-0.1, -0.05) is 11.6 Å². The highest BCUT2D eigenvalue weighted by molar-refractivity contribution is 7.89. The maximum atomic E-state index is 12.7. The normalized spacial score (nSPS) is 15.2. The summed E-state index contributed by atoms with van der Waals surface area (Å²) in [6.45, 7) is 1.99. The number of hydrogen-bond acceptors (Lipinski definition) is 7. The molecule has 11 heteroatoms. The summed E-state index contributed by atoms with van der Waals surface area (Å²) in [6, 6.07) is 5.92. The molecule has 0 saturated carbocycles. The predicted octanol–water partition coefficient (Wildman–Crippen LogP) is 1.13. The first-order chi connectivity index (χ1) is 13.8. The van der Waals surface area contributed by atoms with Crippen LogP contribution in [0.1, 0.15) is 16.2 Å². The third-order valence-electron chi connectivity index (χ3n) is 4.36. The molecule has 0 spiro atoms. The van der Waals surface area contributed by atoms with Crippen molar-refractivity contribution in [3.8, 4) is 0 Å². The van der Waals surface area contributed by atoms with Crippen LogP contribution in [0, 0.1) is 6.92 Å². The summed E-state index contributed by atoms with van der Waals surface area (Å²) in [4.78, 5) is 33.7. The maximum Gasteiger partial charge on any atom is 0.359 e. The van der Waals surface area contributed by atoms with E-state index in [0.29, 0.717) is 10.7 Å². The smallest absolute Gasteiger partial charge is 0.359 e. The lowest BCUT2D eigenvalue weighted by atomic mass is 10.3. The Morgan fingerprint density at radius 2 is 1.72 bits per heavy atom. The number of amides is 1. The summed E-state index contributed by atoms with van der Waals surface area (Å²) in [5.74, 6) is -1.14. The number of aromatic nitrogens is 2. The fourth-order valence-corrected chi connectivity index (χ4v) is 4.27. The van der Waals surface area contributed by atoms with Crippen LogP contribution >= 0.6 is 11.6 Å². The van der Waals surface area contributed by atoms with Gasteiger partial charge in [0.25, 0.3) is 5.91 Å². The van der Waals surface area contributed by atoms with Crippen LogP contribution in [0.25, 0.3) is 0 Å². The quantitative estimate of drug-likeness (QED) is 0.643. The number of aryl methyl sites for hydroxylation is 1. The fraction of sp³-hybridized carbons (Fsp3) is 0.333. The van der Waals surface area contributed by atoms with Crippen molar-refractivity contribution in [2.75, 3.05) is 32.8 Å². The zero-order valence-electron chi connectivity index (χ0n) is 15.6. The Hall–Kier alpha value is -2.56. The van der Waals surface area contributed by atoms with E-state index in [0.717, 1.165) is 0 Å². The minimum atomic E-state index is -3.66. The molecule has 0 radical (unpaired) electrons. The first kappa shape index (κ1) is 21.2. The second-order valence-corrected chi connectivity index (χ2v) is 8.73. The zero-order valence-corrected chi connectivity index (χ0v) is 17.2. The lowest BCUT2D eigenvalue weighted by Crippen LogP contribution is -2.51. The molecule has 0 aliphatic carbocycles. The first-order valence-corrected chi connectivity index (χ1v) is 10.6. The van der Waals surface area contributed by atoms with Crippen LogP contribution in [-0.4, -0.2) is 72.3 Å². The van der Waals surface area contributed by atoms with Crippen LogP contribution in [-0.2, 0) is 19.6 Å². The highest BCUT2D eigenvalue weighted by Crippen LogP contribution is 2.20. The van der Waals surface area contributed by atoms with Gasteiger partial charge in [-0.15, -0.1) is 0 Å². The summed E-state index contributed by atoms with van der Waals surface area (Å²) >= 11 is 5.80. The Kier molecular flexibility index (Phi) is 6.46. The van der Waals surface area contributed by atoms with E-state index in [1.165, 1.54) is 45.9 Å². The van der Waals surface area contributed by atoms with Gasteiger partial charge in [-0.25, -0.2) is 18.2 Å². The zero-order chi connectivity index (χ0) is 21.0. The highest BCUT2D eigenvalue weighted by Gasteiger charge is 2.30. The minimum Gasteiger partial charge on any atom is -0.451 e. The molecule has 29 heavy (non-hydrogen) atoms. The number of rotatable bonds is 5.